The molecule has 2 rings (SSSR count). The molecule has 0 bridgehead atoms. The van der Waals surface area contributed by atoms with Gasteiger partial charge in [-0.2, -0.15) is 0 Å². The van der Waals surface area contributed by atoms with Gasteiger partial charge >= 0.3 is 5.97 Å². The molecular weight excluding hydrogens is 393 g/mol. The van der Waals surface area contributed by atoms with Gasteiger partial charge in [0.2, 0.25) is 0 Å². The van der Waals surface area contributed by atoms with E-state index in [1.54, 1.807) is 24.3 Å². The zero-order valence-electron chi connectivity index (χ0n) is 12.4. The normalized spacial score (nSPS) is 10.1. The maximum Gasteiger partial charge on any atom is 0.339 e. The highest BCUT2D eigenvalue weighted by molar-refractivity contribution is 14.1. The zero-order valence-corrected chi connectivity index (χ0v) is 14.5. The first-order chi connectivity index (χ1) is 10.5. The Morgan fingerprint density at radius 1 is 1.09 bits per heavy atom. The van der Waals surface area contributed by atoms with Crippen LogP contribution in [-0.2, 0) is 9.53 Å². The monoisotopic (exact) mass is 409 g/mol. The van der Waals surface area contributed by atoms with E-state index in [-0.39, 0.29) is 12.5 Å². The molecule has 0 aliphatic carbocycles. The third-order valence-corrected chi connectivity index (χ3v) is 4.51. The van der Waals surface area contributed by atoms with Gasteiger partial charge in [-0.05, 0) is 60.2 Å². The van der Waals surface area contributed by atoms with Crippen molar-refractivity contribution in [1.29, 1.82) is 0 Å². The molecule has 1 amide bonds. The molecular formula is C17H16INO3. The minimum absolute atomic E-state index is 0.309. The molecule has 0 radical (unpaired) electrons. The Kier molecular flexibility index (Phi) is 5.54. The standard InChI is InChI=1S/C17H16INO3/c1-11-6-8-13(9-7-11)19-15(20)10-22-17(21)14-5-3-4-12(2)16(14)18/h3-9H,10H2,1-2H3,(H,19,20). The first-order valence-electron chi connectivity index (χ1n) is 6.76. The number of aryl methyl sites for hydroxylation is 2. The summed E-state index contributed by atoms with van der Waals surface area (Å²) in [5.41, 5.74) is 3.26. The van der Waals surface area contributed by atoms with Gasteiger partial charge in [0.1, 0.15) is 0 Å². The van der Waals surface area contributed by atoms with E-state index in [0.29, 0.717) is 11.3 Å². The van der Waals surface area contributed by atoms with E-state index in [2.05, 4.69) is 27.9 Å². The van der Waals surface area contributed by atoms with Crippen LogP contribution in [0.15, 0.2) is 42.5 Å². The van der Waals surface area contributed by atoms with E-state index in [9.17, 15) is 9.59 Å². The second-order valence-electron chi connectivity index (χ2n) is 4.93. The maximum atomic E-state index is 12.0. The minimum atomic E-state index is -0.493. The van der Waals surface area contributed by atoms with Crippen molar-refractivity contribution in [2.45, 2.75) is 13.8 Å². The third kappa shape index (κ3) is 4.30. The van der Waals surface area contributed by atoms with Gasteiger partial charge < -0.3 is 10.1 Å². The Bertz CT molecular complexity index is 696. The van der Waals surface area contributed by atoms with Gasteiger partial charge in [-0.1, -0.05) is 29.8 Å². The Labute approximate surface area is 143 Å². The summed E-state index contributed by atoms with van der Waals surface area (Å²) in [6.07, 6.45) is 0. The number of rotatable bonds is 4. The van der Waals surface area contributed by atoms with E-state index in [4.69, 9.17) is 4.74 Å². The Hall–Kier alpha value is -1.89. The highest BCUT2D eigenvalue weighted by Gasteiger charge is 2.14. The number of halogens is 1. The average molecular weight is 409 g/mol. The zero-order chi connectivity index (χ0) is 16.1. The van der Waals surface area contributed by atoms with Crippen LogP contribution in [0.1, 0.15) is 21.5 Å². The first kappa shape index (κ1) is 16.5. The smallest absolute Gasteiger partial charge is 0.339 e. The van der Waals surface area contributed by atoms with Crippen LogP contribution in [0, 0.1) is 17.4 Å². The number of amides is 1. The molecule has 4 nitrogen and oxygen atoms in total. The van der Waals surface area contributed by atoms with Gasteiger partial charge in [-0.15, -0.1) is 0 Å². The summed E-state index contributed by atoms with van der Waals surface area (Å²) in [6, 6.07) is 12.8. The number of benzene rings is 2. The number of ether oxygens (including phenoxy) is 1. The van der Waals surface area contributed by atoms with Crippen molar-refractivity contribution in [1.82, 2.24) is 0 Å². The van der Waals surface area contributed by atoms with E-state index < -0.39 is 5.97 Å². The lowest BCUT2D eigenvalue weighted by Gasteiger charge is -2.09. The molecule has 0 fully saturated rings. The van der Waals surface area contributed by atoms with Crippen LogP contribution in [0.3, 0.4) is 0 Å². The number of hydrogen-bond donors (Lipinski definition) is 1. The van der Waals surface area contributed by atoms with Gasteiger partial charge in [0.05, 0.1) is 5.56 Å². The van der Waals surface area contributed by atoms with Crippen molar-refractivity contribution in [3.63, 3.8) is 0 Å². The Morgan fingerprint density at radius 3 is 2.45 bits per heavy atom. The van der Waals surface area contributed by atoms with Crippen LogP contribution >= 0.6 is 22.6 Å². The van der Waals surface area contributed by atoms with E-state index >= 15 is 0 Å². The summed E-state index contributed by atoms with van der Waals surface area (Å²) in [5.74, 6) is -0.855. The van der Waals surface area contributed by atoms with Crippen LogP contribution in [0.4, 0.5) is 5.69 Å². The summed E-state index contributed by atoms with van der Waals surface area (Å²) in [7, 11) is 0. The van der Waals surface area contributed by atoms with Gasteiger partial charge in [-0.25, -0.2) is 4.79 Å². The Morgan fingerprint density at radius 2 is 1.77 bits per heavy atom. The van der Waals surface area contributed by atoms with Gasteiger partial charge in [0, 0.05) is 9.26 Å². The van der Waals surface area contributed by atoms with E-state index in [0.717, 1.165) is 14.7 Å². The molecule has 0 saturated carbocycles. The van der Waals surface area contributed by atoms with E-state index in [1.165, 1.54) is 0 Å². The van der Waals surface area contributed by atoms with Gasteiger partial charge in [0.25, 0.3) is 5.91 Å². The maximum absolute atomic E-state index is 12.0. The topological polar surface area (TPSA) is 55.4 Å². The number of carbonyl (C=O) groups excluding carboxylic acids is 2. The first-order valence-corrected chi connectivity index (χ1v) is 7.84. The molecule has 0 unspecified atom stereocenters. The molecule has 0 aromatic heterocycles. The summed E-state index contributed by atoms with van der Waals surface area (Å²) >= 11 is 2.10. The fourth-order valence-corrected chi connectivity index (χ4v) is 2.43. The molecule has 22 heavy (non-hydrogen) atoms. The van der Waals surface area contributed by atoms with Crippen molar-refractivity contribution in [3.05, 3.63) is 62.7 Å². The lowest BCUT2D eigenvalue weighted by molar-refractivity contribution is -0.119. The van der Waals surface area contributed by atoms with Crippen molar-refractivity contribution >= 4 is 40.2 Å². The average Bonchev–Trinajstić information content (AvgIpc) is 2.50. The quantitative estimate of drug-likeness (QED) is 0.619. The number of carbonyl (C=O) groups is 2. The minimum Gasteiger partial charge on any atom is -0.452 e. The molecule has 5 heteroatoms. The molecule has 114 valence electrons. The molecule has 0 aliphatic heterocycles. The molecule has 0 aliphatic rings. The van der Waals surface area contributed by atoms with Crippen LogP contribution in [0.2, 0.25) is 0 Å². The third-order valence-electron chi connectivity index (χ3n) is 3.08. The predicted molar refractivity (Wildman–Crippen MR) is 94.0 cm³/mol. The summed E-state index contributed by atoms with van der Waals surface area (Å²) in [4.78, 5) is 23.8. The summed E-state index contributed by atoms with van der Waals surface area (Å²) in [6.45, 7) is 3.58. The summed E-state index contributed by atoms with van der Waals surface area (Å²) in [5, 5.41) is 2.68. The fourth-order valence-electron chi connectivity index (χ4n) is 1.85. The second-order valence-corrected chi connectivity index (χ2v) is 6.01. The number of anilines is 1. The predicted octanol–water partition coefficient (Wildman–Crippen LogP) is 3.70. The molecule has 1 N–H and O–H groups in total. The molecule has 0 atom stereocenters. The van der Waals surface area contributed by atoms with Crippen LogP contribution in [0.25, 0.3) is 0 Å². The van der Waals surface area contributed by atoms with Crippen molar-refractivity contribution in [2.24, 2.45) is 0 Å². The number of hydrogen-bond acceptors (Lipinski definition) is 3. The molecule has 0 spiro atoms. The number of esters is 1. The van der Waals surface area contributed by atoms with Crippen LogP contribution in [0.5, 0.6) is 0 Å². The fraction of sp³-hybridized carbons (Fsp3) is 0.176. The lowest BCUT2D eigenvalue weighted by atomic mass is 10.1. The highest BCUT2D eigenvalue weighted by Crippen LogP contribution is 2.17. The van der Waals surface area contributed by atoms with Crippen molar-refractivity contribution in [3.8, 4) is 0 Å². The van der Waals surface area contributed by atoms with Gasteiger partial charge in [0.15, 0.2) is 6.61 Å². The molecule has 0 heterocycles. The second kappa shape index (κ2) is 7.40. The van der Waals surface area contributed by atoms with Crippen LogP contribution < -0.4 is 5.32 Å². The lowest BCUT2D eigenvalue weighted by Crippen LogP contribution is -2.21. The highest BCUT2D eigenvalue weighted by atomic mass is 127. The molecule has 2 aromatic carbocycles. The van der Waals surface area contributed by atoms with Crippen molar-refractivity contribution in [2.75, 3.05) is 11.9 Å². The molecule has 0 saturated heterocycles. The van der Waals surface area contributed by atoms with Crippen molar-refractivity contribution < 1.29 is 14.3 Å². The van der Waals surface area contributed by atoms with Gasteiger partial charge in [-0.3, -0.25) is 4.79 Å². The van der Waals surface area contributed by atoms with E-state index in [1.807, 2.05) is 32.0 Å². The largest absolute Gasteiger partial charge is 0.452 e. The number of nitrogens with one attached hydrogen (secondary N) is 1. The molecule has 2 aromatic rings. The summed E-state index contributed by atoms with van der Waals surface area (Å²) < 4.78 is 5.90. The SMILES string of the molecule is Cc1ccc(NC(=O)COC(=O)c2cccc(C)c2I)cc1. The van der Waals surface area contributed by atoms with Crippen LogP contribution in [-0.4, -0.2) is 18.5 Å². The Balaban J connectivity index is 1.92.